The number of hydrogen-bond acceptors (Lipinski definition) is 3. The summed E-state index contributed by atoms with van der Waals surface area (Å²) in [6.07, 6.45) is 6.12. The minimum atomic E-state index is -3.41. The lowest BCUT2D eigenvalue weighted by atomic mass is 10.2. The van der Waals surface area contributed by atoms with E-state index in [0.29, 0.717) is 24.9 Å². The second kappa shape index (κ2) is 5.15. The molecule has 1 aromatic rings. The molecule has 0 atom stereocenters. The smallest absolute Gasteiger partial charge is 0.260 e. The number of hydrogen-bond donors (Lipinski definition) is 1. The summed E-state index contributed by atoms with van der Waals surface area (Å²) in [7, 11) is -3.41. The van der Waals surface area contributed by atoms with Gasteiger partial charge < -0.3 is 4.98 Å². The Balaban J connectivity index is 1.81. The number of aromatic amines is 1. The van der Waals surface area contributed by atoms with E-state index in [0.717, 1.165) is 31.5 Å². The first-order valence-corrected chi connectivity index (χ1v) is 8.96. The third kappa shape index (κ3) is 3.06. The van der Waals surface area contributed by atoms with E-state index >= 15 is 0 Å². The molecule has 112 valence electrons. The van der Waals surface area contributed by atoms with E-state index < -0.39 is 10.0 Å². The fraction of sp³-hybridized carbons (Fsp3) is 0.786. The molecule has 0 aromatic carbocycles. The van der Waals surface area contributed by atoms with Crippen molar-refractivity contribution in [2.75, 3.05) is 13.1 Å². The Kier molecular flexibility index (Phi) is 3.62. The van der Waals surface area contributed by atoms with Gasteiger partial charge in [-0.2, -0.15) is 4.31 Å². The van der Waals surface area contributed by atoms with Gasteiger partial charge in [0.15, 0.2) is 5.03 Å². The molecular formula is C14H23N3O2S. The van der Waals surface area contributed by atoms with Gasteiger partial charge in [-0.3, -0.25) is 0 Å². The standard InChI is InChI=1S/C14H23N3O2S/c1-10(2)14-15-7-13(16-14)20(18,19)17(8-11-3-4-11)9-12-5-6-12/h7,10-12H,3-6,8-9H2,1-2H3,(H,15,16). The highest BCUT2D eigenvalue weighted by atomic mass is 32.2. The first kappa shape index (κ1) is 14.1. The Morgan fingerprint density at radius 1 is 1.25 bits per heavy atom. The third-order valence-corrected chi connectivity index (χ3v) is 5.80. The zero-order valence-corrected chi connectivity index (χ0v) is 13.0. The summed E-state index contributed by atoms with van der Waals surface area (Å²) in [5.41, 5.74) is 0. The van der Waals surface area contributed by atoms with E-state index in [-0.39, 0.29) is 10.9 Å². The van der Waals surface area contributed by atoms with E-state index in [2.05, 4.69) is 9.97 Å². The van der Waals surface area contributed by atoms with Crippen LogP contribution >= 0.6 is 0 Å². The maximum atomic E-state index is 12.7. The predicted molar refractivity (Wildman–Crippen MR) is 76.9 cm³/mol. The van der Waals surface area contributed by atoms with Crippen molar-refractivity contribution >= 4 is 10.0 Å². The molecule has 1 aromatic heterocycles. The van der Waals surface area contributed by atoms with Crippen LogP contribution in [-0.2, 0) is 10.0 Å². The van der Waals surface area contributed by atoms with Gasteiger partial charge in [-0.15, -0.1) is 0 Å². The first-order chi connectivity index (χ1) is 9.46. The zero-order chi connectivity index (χ0) is 14.3. The summed E-state index contributed by atoms with van der Waals surface area (Å²) in [6, 6.07) is 0. The molecule has 0 spiro atoms. The van der Waals surface area contributed by atoms with Gasteiger partial charge in [0.25, 0.3) is 10.0 Å². The second-order valence-electron chi connectivity index (χ2n) is 6.50. The van der Waals surface area contributed by atoms with Crippen LogP contribution in [0.15, 0.2) is 11.2 Å². The highest BCUT2D eigenvalue weighted by Gasteiger charge is 2.36. The summed E-state index contributed by atoms with van der Waals surface area (Å²) in [5.74, 6) is 2.08. The van der Waals surface area contributed by atoms with Gasteiger partial charge in [0, 0.05) is 19.0 Å². The lowest BCUT2D eigenvalue weighted by molar-refractivity contribution is 0.381. The molecule has 6 heteroatoms. The lowest BCUT2D eigenvalue weighted by Crippen LogP contribution is -2.35. The molecule has 1 heterocycles. The molecule has 0 radical (unpaired) electrons. The van der Waals surface area contributed by atoms with Crippen molar-refractivity contribution in [2.24, 2.45) is 11.8 Å². The molecule has 2 saturated carbocycles. The largest absolute Gasteiger partial charge is 0.332 e. The summed E-state index contributed by atoms with van der Waals surface area (Å²) in [5, 5.41) is 0.252. The molecule has 20 heavy (non-hydrogen) atoms. The maximum absolute atomic E-state index is 12.7. The molecule has 0 unspecified atom stereocenters. The van der Waals surface area contributed by atoms with Crippen LogP contribution in [-0.4, -0.2) is 35.8 Å². The fourth-order valence-electron chi connectivity index (χ4n) is 2.33. The summed E-state index contributed by atoms with van der Waals surface area (Å²) in [6.45, 7) is 5.35. The Morgan fingerprint density at radius 2 is 1.80 bits per heavy atom. The summed E-state index contributed by atoms with van der Waals surface area (Å²) >= 11 is 0. The Labute approximate surface area is 120 Å². The SMILES string of the molecule is CC(C)c1ncc(S(=O)(=O)N(CC2CC2)CC2CC2)[nH]1. The molecule has 2 fully saturated rings. The topological polar surface area (TPSA) is 66.1 Å². The molecule has 1 N–H and O–H groups in total. The van der Waals surface area contributed by atoms with Crippen molar-refractivity contribution in [1.29, 1.82) is 0 Å². The number of imidazole rings is 1. The van der Waals surface area contributed by atoms with Crippen molar-refractivity contribution < 1.29 is 8.42 Å². The van der Waals surface area contributed by atoms with E-state index in [1.165, 1.54) is 6.20 Å². The number of nitrogens with zero attached hydrogens (tertiary/aromatic N) is 2. The molecule has 2 aliphatic rings. The van der Waals surface area contributed by atoms with Crippen molar-refractivity contribution in [3.8, 4) is 0 Å². The minimum Gasteiger partial charge on any atom is -0.332 e. The van der Waals surface area contributed by atoms with Crippen LogP contribution < -0.4 is 0 Å². The van der Waals surface area contributed by atoms with Crippen molar-refractivity contribution in [2.45, 2.75) is 50.5 Å². The van der Waals surface area contributed by atoms with Gasteiger partial charge in [-0.25, -0.2) is 13.4 Å². The average Bonchev–Trinajstić information content (AvgIpc) is 3.30. The molecule has 0 bridgehead atoms. The Hall–Kier alpha value is -0.880. The molecule has 3 rings (SSSR count). The predicted octanol–water partition coefficient (Wildman–Crippen LogP) is 2.34. The third-order valence-electron chi connectivity index (χ3n) is 4.05. The molecule has 0 saturated heterocycles. The molecule has 2 aliphatic carbocycles. The number of aromatic nitrogens is 2. The van der Waals surface area contributed by atoms with Crippen LogP contribution in [0, 0.1) is 11.8 Å². The van der Waals surface area contributed by atoms with E-state index in [4.69, 9.17) is 0 Å². The monoisotopic (exact) mass is 297 g/mol. The van der Waals surface area contributed by atoms with Crippen LogP contribution in [0.3, 0.4) is 0 Å². The van der Waals surface area contributed by atoms with Crippen LogP contribution in [0.25, 0.3) is 0 Å². The van der Waals surface area contributed by atoms with Crippen LogP contribution in [0.2, 0.25) is 0 Å². The van der Waals surface area contributed by atoms with Gasteiger partial charge in [-0.1, -0.05) is 13.8 Å². The van der Waals surface area contributed by atoms with Crippen molar-refractivity contribution in [3.05, 3.63) is 12.0 Å². The summed E-state index contributed by atoms with van der Waals surface area (Å²) in [4.78, 5) is 7.17. The number of nitrogens with one attached hydrogen (secondary N) is 1. The highest BCUT2D eigenvalue weighted by Crippen LogP contribution is 2.35. The van der Waals surface area contributed by atoms with Gasteiger partial charge in [0.1, 0.15) is 5.82 Å². The lowest BCUT2D eigenvalue weighted by Gasteiger charge is -2.21. The summed E-state index contributed by atoms with van der Waals surface area (Å²) < 4.78 is 27.2. The fourth-order valence-corrected chi connectivity index (χ4v) is 3.84. The van der Waals surface area contributed by atoms with E-state index in [1.54, 1.807) is 4.31 Å². The highest BCUT2D eigenvalue weighted by molar-refractivity contribution is 7.89. The van der Waals surface area contributed by atoms with Gasteiger partial charge in [0.2, 0.25) is 0 Å². The number of H-pyrrole nitrogens is 1. The van der Waals surface area contributed by atoms with Crippen LogP contribution in [0.5, 0.6) is 0 Å². The second-order valence-corrected chi connectivity index (χ2v) is 8.40. The minimum absolute atomic E-state index is 0.208. The number of sulfonamides is 1. The van der Waals surface area contributed by atoms with Crippen molar-refractivity contribution in [3.63, 3.8) is 0 Å². The van der Waals surface area contributed by atoms with Crippen molar-refractivity contribution in [1.82, 2.24) is 14.3 Å². The van der Waals surface area contributed by atoms with E-state index in [9.17, 15) is 8.42 Å². The Morgan fingerprint density at radius 3 is 2.20 bits per heavy atom. The van der Waals surface area contributed by atoms with Gasteiger partial charge in [-0.05, 0) is 37.5 Å². The van der Waals surface area contributed by atoms with E-state index in [1.807, 2.05) is 13.8 Å². The van der Waals surface area contributed by atoms with Gasteiger partial charge >= 0.3 is 0 Å². The van der Waals surface area contributed by atoms with Crippen LogP contribution in [0.1, 0.15) is 51.3 Å². The number of rotatable bonds is 7. The zero-order valence-electron chi connectivity index (χ0n) is 12.2. The average molecular weight is 297 g/mol. The first-order valence-electron chi connectivity index (χ1n) is 7.52. The Bertz CT molecular complexity index is 557. The maximum Gasteiger partial charge on any atom is 0.260 e. The molecule has 0 amide bonds. The normalized spacial score (nSPS) is 20.0. The molecule has 0 aliphatic heterocycles. The molecular weight excluding hydrogens is 274 g/mol. The molecule has 5 nitrogen and oxygen atoms in total. The van der Waals surface area contributed by atoms with Crippen LogP contribution in [0.4, 0.5) is 0 Å². The van der Waals surface area contributed by atoms with Gasteiger partial charge in [0.05, 0.1) is 6.20 Å². The quantitative estimate of drug-likeness (QED) is 0.840.